The van der Waals surface area contributed by atoms with Gasteiger partial charge in [0.25, 0.3) is 0 Å². The van der Waals surface area contributed by atoms with Gasteiger partial charge >= 0.3 is 6.18 Å². The number of halogens is 3. The molecule has 0 saturated heterocycles. The zero-order valence-corrected chi connectivity index (χ0v) is 10.4. The predicted molar refractivity (Wildman–Crippen MR) is 61.6 cm³/mol. The average molecular weight is 290 g/mol. The van der Waals surface area contributed by atoms with Crippen LogP contribution in [0.2, 0.25) is 0 Å². The van der Waals surface area contributed by atoms with E-state index in [4.69, 9.17) is 9.15 Å². The first-order valence-electron chi connectivity index (χ1n) is 5.84. The monoisotopic (exact) mass is 290 g/mol. The predicted octanol–water partition coefficient (Wildman–Crippen LogP) is 2.07. The Bertz CT molecular complexity index is 522. The van der Waals surface area contributed by atoms with Gasteiger partial charge in [-0.05, 0) is 18.2 Å². The Kier molecular flexibility index (Phi) is 4.46. The van der Waals surface area contributed by atoms with Gasteiger partial charge in [-0.2, -0.15) is 18.3 Å². The molecule has 2 aromatic heterocycles. The van der Waals surface area contributed by atoms with Gasteiger partial charge in [0.1, 0.15) is 12.4 Å². The van der Waals surface area contributed by atoms with Crippen LogP contribution in [0.4, 0.5) is 13.2 Å². The van der Waals surface area contributed by atoms with Crippen LogP contribution in [0.15, 0.2) is 35.1 Å². The molecule has 1 N–H and O–H groups in total. The van der Waals surface area contributed by atoms with Crippen LogP contribution in [0, 0.1) is 0 Å². The molecule has 0 bridgehead atoms. The number of aromatic nitrogens is 2. The molecule has 2 rings (SSSR count). The Morgan fingerprint density at radius 2 is 2.20 bits per heavy atom. The van der Waals surface area contributed by atoms with Crippen LogP contribution in [0.1, 0.15) is 11.5 Å². The second-order valence-corrected chi connectivity index (χ2v) is 4.17. The normalized spacial score (nSPS) is 13.6. The first kappa shape index (κ1) is 14.6. The van der Waals surface area contributed by atoms with Gasteiger partial charge in [-0.3, -0.25) is 4.68 Å². The Morgan fingerprint density at radius 3 is 2.80 bits per heavy atom. The smallest absolute Gasteiger partial charge is 0.435 e. The molecule has 0 fully saturated rings. The van der Waals surface area contributed by atoms with Crippen molar-refractivity contribution in [1.82, 2.24) is 9.78 Å². The number of furan rings is 1. The summed E-state index contributed by atoms with van der Waals surface area (Å²) in [6.07, 6.45) is -2.77. The van der Waals surface area contributed by atoms with Crippen molar-refractivity contribution in [2.24, 2.45) is 0 Å². The fourth-order valence-electron chi connectivity index (χ4n) is 1.57. The lowest BCUT2D eigenvalue weighted by Crippen LogP contribution is -2.22. The van der Waals surface area contributed by atoms with Crippen molar-refractivity contribution in [1.29, 1.82) is 0 Å². The lowest BCUT2D eigenvalue weighted by molar-refractivity contribution is -0.141. The van der Waals surface area contributed by atoms with Crippen LogP contribution in [0.5, 0.6) is 0 Å². The minimum Gasteiger partial charge on any atom is -0.467 e. The molecule has 0 spiro atoms. The van der Waals surface area contributed by atoms with Crippen LogP contribution in [-0.4, -0.2) is 27.6 Å². The van der Waals surface area contributed by atoms with E-state index >= 15 is 0 Å². The number of hydrogen-bond acceptors (Lipinski definition) is 4. The summed E-state index contributed by atoms with van der Waals surface area (Å²) in [6, 6.07) is 4.28. The summed E-state index contributed by atoms with van der Waals surface area (Å²) in [6.45, 7) is 0.0904. The van der Waals surface area contributed by atoms with Crippen molar-refractivity contribution < 1.29 is 27.4 Å². The molecule has 1 atom stereocenters. The molecule has 8 heteroatoms. The molecular weight excluding hydrogens is 277 g/mol. The molecule has 110 valence electrons. The van der Waals surface area contributed by atoms with Crippen LogP contribution >= 0.6 is 0 Å². The van der Waals surface area contributed by atoms with E-state index in [1.165, 1.54) is 12.5 Å². The largest absolute Gasteiger partial charge is 0.467 e. The summed E-state index contributed by atoms with van der Waals surface area (Å²) in [5.74, 6) is 0.607. The highest BCUT2D eigenvalue weighted by Gasteiger charge is 2.33. The SMILES string of the molecule is OC(COCc1ccco1)Cn1ccc(C(F)(F)F)n1. The van der Waals surface area contributed by atoms with Gasteiger partial charge in [-0.1, -0.05) is 0 Å². The maximum atomic E-state index is 12.3. The molecule has 2 heterocycles. The van der Waals surface area contributed by atoms with Crippen molar-refractivity contribution in [2.45, 2.75) is 25.4 Å². The molecule has 20 heavy (non-hydrogen) atoms. The third-order valence-corrected chi connectivity index (χ3v) is 2.46. The number of aliphatic hydroxyl groups is 1. The van der Waals surface area contributed by atoms with Gasteiger partial charge in [-0.25, -0.2) is 0 Å². The molecule has 1 unspecified atom stereocenters. The minimum atomic E-state index is -4.48. The van der Waals surface area contributed by atoms with E-state index in [0.29, 0.717) is 5.76 Å². The van der Waals surface area contributed by atoms with Crippen molar-refractivity contribution in [3.8, 4) is 0 Å². The summed E-state index contributed by atoms with van der Waals surface area (Å²) < 4.78 is 48.2. The van der Waals surface area contributed by atoms with E-state index < -0.39 is 18.0 Å². The zero-order valence-electron chi connectivity index (χ0n) is 10.4. The van der Waals surface area contributed by atoms with E-state index in [0.717, 1.165) is 10.7 Å². The fourth-order valence-corrected chi connectivity index (χ4v) is 1.57. The van der Waals surface area contributed by atoms with Crippen LogP contribution in [-0.2, 0) is 24.1 Å². The molecule has 0 aromatic carbocycles. The number of hydrogen-bond donors (Lipinski definition) is 1. The first-order chi connectivity index (χ1) is 9.45. The van der Waals surface area contributed by atoms with E-state index in [1.54, 1.807) is 12.1 Å². The molecule has 0 aliphatic rings. The third kappa shape index (κ3) is 4.10. The maximum Gasteiger partial charge on any atom is 0.435 e. The standard InChI is InChI=1S/C12H13F3N2O3/c13-12(14,15)11-3-4-17(16-11)6-9(18)7-19-8-10-2-1-5-20-10/h1-5,9,18H,6-8H2. The highest BCUT2D eigenvalue weighted by atomic mass is 19.4. The van der Waals surface area contributed by atoms with Crippen LogP contribution in [0.25, 0.3) is 0 Å². The van der Waals surface area contributed by atoms with Gasteiger partial charge in [-0.15, -0.1) is 0 Å². The van der Waals surface area contributed by atoms with Crippen molar-refractivity contribution in [3.05, 3.63) is 42.1 Å². The van der Waals surface area contributed by atoms with Crippen LogP contribution in [0.3, 0.4) is 0 Å². The lowest BCUT2D eigenvalue weighted by Gasteiger charge is -2.10. The Labute approximate surface area is 112 Å². The van der Waals surface area contributed by atoms with Gasteiger partial charge in [0.15, 0.2) is 5.69 Å². The van der Waals surface area contributed by atoms with Gasteiger partial charge < -0.3 is 14.3 Å². The average Bonchev–Trinajstić information content (AvgIpc) is 2.98. The minimum absolute atomic E-state index is 0.0259. The number of ether oxygens (including phenoxy) is 1. The fraction of sp³-hybridized carbons (Fsp3) is 0.417. The number of aliphatic hydroxyl groups excluding tert-OH is 1. The second-order valence-electron chi connectivity index (χ2n) is 4.17. The van der Waals surface area contributed by atoms with E-state index in [-0.39, 0.29) is 19.8 Å². The van der Waals surface area contributed by atoms with Crippen molar-refractivity contribution in [3.63, 3.8) is 0 Å². The first-order valence-corrected chi connectivity index (χ1v) is 5.84. The van der Waals surface area contributed by atoms with Crippen molar-refractivity contribution >= 4 is 0 Å². The number of alkyl halides is 3. The zero-order chi connectivity index (χ0) is 14.6. The van der Waals surface area contributed by atoms with E-state index in [2.05, 4.69) is 5.10 Å². The molecule has 0 aliphatic heterocycles. The van der Waals surface area contributed by atoms with E-state index in [9.17, 15) is 18.3 Å². The molecule has 0 amide bonds. The summed E-state index contributed by atoms with van der Waals surface area (Å²) in [4.78, 5) is 0. The topological polar surface area (TPSA) is 60.4 Å². The Hall–Kier alpha value is -1.80. The Morgan fingerprint density at radius 1 is 1.40 bits per heavy atom. The highest BCUT2D eigenvalue weighted by Crippen LogP contribution is 2.27. The third-order valence-electron chi connectivity index (χ3n) is 2.46. The van der Waals surface area contributed by atoms with E-state index in [1.807, 2.05) is 0 Å². The van der Waals surface area contributed by atoms with Gasteiger partial charge in [0, 0.05) is 6.20 Å². The van der Waals surface area contributed by atoms with Gasteiger partial charge in [0.2, 0.25) is 0 Å². The summed E-state index contributed by atoms with van der Waals surface area (Å²) >= 11 is 0. The summed E-state index contributed by atoms with van der Waals surface area (Å²) in [7, 11) is 0. The molecule has 5 nitrogen and oxygen atoms in total. The Balaban J connectivity index is 1.76. The highest BCUT2D eigenvalue weighted by molar-refractivity contribution is 5.03. The number of nitrogens with zero attached hydrogens (tertiary/aromatic N) is 2. The molecule has 0 radical (unpaired) electrons. The second kappa shape index (κ2) is 6.10. The molecule has 0 saturated carbocycles. The maximum absolute atomic E-state index is 12.3. The van der Waals surface area contributed by atoms with Crippen molar-refractivity contribution in [2.75, 3.05) is 6.61 Å². The molecular formula is C12H13F3N2O3. The van der Waals surface area contributed by atoms with Crippen LogP contribution < -0.4 is 0 Å². The van der Waals surface area contributed by atoms with Gasteiger partial charge in [0.05, 0.1) is 25.5 Å². The lowest BCUT2D eigenvalue weighted by atomic mass is 10.4. The molecule has 2 aromatic rings. The summed E-state index contributed by atoms with van der Waals surface area (Å²) in [5, 5.41) is 13.0. The summed E-state index contributed by atoms with van der Waals surface area (Å²) in [5.41, 5.74) is -0.985. The molecule has 0 aliphatic carbocycles. The number of rotatable bonds is 6. The quantitative estimate of drug-likeness (QED) is 0.884.